The minimum atomic E-state index is -0.348. The summed E-state index contributed by atoms with van der Waals surface area (Å²) < 4.78 is 13.8. The molecule has 2 aliphatic rings. The lowest BCUT2D eigenvalue weighted by Crippen LogP contribution is -2.52. The van der Waals surface area contributed by atoms with E-state index in [1.807, 2.05) is 23.1 Å². The fourth-order valence-electron chi connectivity index (χ4n) is 4.21. The molecule has 1 heterocycles. The fourth-order valence-corrected chi connectivity index (χ4v) is 4.21. The molecular formula is C21H21FN2O2. The third kappa shape index (κ3) is 3.21. The number of fused-ring (bicyclic) bond motifs is 2. The van der Waals surface area contributed by atoms with Crippen molar-refractivity contribution in [1.82, 2.24) is 10.2 Å². The van der Waals surface area contributed by atoms with Crippen LogP contribution < -0.4 is 5.32 Å². The van der Waals surface area contributed by atoms with E-state index in [0.717, 1.165) is 12.8 Å². The highest BCUT2D eigenvalue weighted by atomic mass is 19.1. The number of rotatable bonds is 4. The number of halogens is 1. The monoisotopic (exact) mass is 352 g/mol. The quantitative estimate of drug-likeness (QED) is 0.920. The number of hydrogen-bond acceptors (Lipinski definition) is 2. The van der Waals surface area contributed by atoms with Crippen molar-refractivity contribution in [2.24, 2.45) is 5.92 Å². The lowest BCUT2D eigenvalue weighted by molar-refractivity contribution is -0.132. The van der Waals surface area contributed by atoms with Crippen molar-refractivity contribution in [2.75, 3.05) is 6.54 Å². The van der Waals surface area contributed by atoms with E-state index in [1.165, 1.54) is 6.07 Å². The van der Waals surface area contributed by atoms with Gasteiger partial charge in [-0.1, -0.05) is 36.4 Å². The van der Waals surface area contributed by atoms with Crippen LogP contribution in [0, 0.1) is 11.7 Å². The normalized spacial score (nSPS) is 23.9. The lowest BCUT2D eigenvalue weighted by atomic mass is 10.0. The van der Waals surface area contributed by atoms with Gasteiger partial charge in [0.1, 0.15) is 5.82 Å². The van der Waals surface area contributed by atoms with Crippen molar-refractivity contribution in [3.63, 3.8) is 0 Å². The lowest BCUT2D eigenvalue weighted by Gasteiger charge is -2.34. The third-order valence-electron chi connectivity index (χ3n) is 5.45. The standard InChI is InChI=1S/C21H21FN2O2/c22-17-9-5-4-8-16(17)12-20(25)24-13-14-10-18(19(24)11-14)23-21(26)15-6-2-1-3-7-15/h1-9,14,18-19H,10-13H2,(H,23,26)/t14-,18+,19-/m1/s1. The van der Waals surface area contributed by atoms with Crippen LogP contribution in [-0.2, 0) is 11.2 Å². The van der Waals surface area contributed by atoms with Crippen LogP contribution in [0.2, 0.25) is 0 Å². The van der Waals surface area contributed by atoms with Crippen LogP contribution in [0.4, 0.5) is 4.39 Å². The molecule has 2 amide bonds. The number of amides is 2. The molecule has 2 aromatic carbocycles. The highest BCUT2D eigenvalue weighted by Crippen LogP contribution is 2.38. The molecule has 2 fully saturated rings. The van der Waals surface area contributed by atoms with Gasteiger partial charge in [-0.3, -0.25) is 9.59 Å². The van der Waals surface area contributed by atoms with Crippen LogP contribution in [-0.4, -0.2) is 35.3 Å². The van der Waals surface area contributed by atoms with Crippen LogP contribution in [0.1, 0.15) is 28.8 Å². The Bertz CT molecular complexity index is 824. The van der Waals surface area contributed by atoms with Gasteiger partial charge in [0.25, 0.3) is 5.91 Å². The van der Waals surface area contributed by atoms with E-state index >= 15 is 0 Å². The summed E-state index contributed by atoms with van der Waals surface area (Å²) in [6, 6.07) is 15.5. The summed E-state index contributed by atoms with van der Waals surface area (Å²) in [4.78, 5) is 27.0. The molecule has 1 aliphatic heterocycles. The Morgan fingerprint density at radius 3 is 2.50 bits per heavy atom. The highest BCUT2D eigenvalue weighted by molar-refractivity contribution is 5.94. The maximum atomic E-state index is 13.8. The van der Waals surface area contributed by atoms with Gasteiger partial charge in [0.15, 0.2) is 0 Å². The van der Waals surface area contributed by atoms with E-state index in [2.05, 4.69) is 5.32 Å². The number of nitrogens with zero attached hydrogens (tertiary/aromatic N) is 1. The van der Waals surface area contributed by atoms with Crippen LogP contribution in [0.3, 0.4) is 0 Å². The van der Waals surface area contributed by atoms with Gasteiger partial charge < -0.3 is 10.2 Å². The van der Waals surface area contributed by atoms with Crippen LogP contribution in [0.5, 0.6) is 0 Å². The summed E-state index contributed by atoms with van der Waals surface area (Å²) in [6.07, 6.45) is 1.87. The minimum absolute atomic E-state index is 0.00642. The summed E-state index contributed by atoms with van der Waals surface area (Å²) in [6.45, 7) is 0.704. The molecule has 1 saturated heterocycles. The van der Waals surface area contributed by atoms with Crippen molar-refractivity contribution in [3.8, 4) is 0 Å². The molecule has 2 bridgehead atoms. The second-order valence-corrected chi connectivity index (χ2v) is 7.17. The van der Waals surface area contributed by atoms with E-state index in [-0.39, 0.29) is 36.1 Å². The Morgan fingerprint density at radius 1 is 1.04 bits per heavy atom. The second kappa shape index (κ2) is 6.90. The van der Waals surface area contributed by atoms with Crippen molar-refractivity contribution >= 4 is 11.8 Å². The van der Waals surface area contributed by atoms with Gasteiger partial charge in [-0.15, -0.1) is 0 Å². The van der Waals surface area contributed by atoms with Gasteiger partial charge >= 0.3 is 0 Å². The third-order valence-corrected chi connectivity index (χ3v) is 5.45. The number of hydrogen-bond donors (Lipinski definition) is 1. The molecule has 2 aromatic rings. The first kappa shape index (κ1) is 16.8. The molecule has 3 atom stereocenters. The van der Waals surface area contributed by atoms with E-state index in [1.54, 1.807) is 30.3 Å². The van der Waals surface area contributed by atoms with Crippen LogP contribution in [0.25, 0.3) is 0 Å². The fraction of sp³-hybridized carbons (Fsp3) is 0.333. The molecule has 4 rings (SSSR count). The summed E-state index contributed by atoms with van der Waals surface area (Å²) in [5, 5.41) is 3.08. The first-order chi connectivity index (χ1) is 12.6. The predicted molar refractivity (Wildman–Crippen MR) is 96.0 cm³/mol. The van der Waals surface area contributed by atoms with Crippen molar-refractivity contribution in [2.45, 2.75) is 31.3 Å². The van der Waals surface area contributed by atoms with E-state index in [4.69, 9.17) is 0 Å². The van der Waals surface area contributed by atoms with Crippen molar-refractivity contribution in [1.29, 1.82) is 0 Å². The second-order valence-electron chi connectivity index (χ2n) is 7.17. The molecule has 0 unspecified atom stereocenters. The molecule has 1 N–H and O–H groups in total. The first-order valence-corrected chi connectivity index (χ1v) is 9.00. The zero-order valence-electron chi connectivity index (χ0n) is 14.4. The van der Waals surface area contributed by atoms with Crippen molar-refractivity contribution < 1.29 is 14.0 Å². The Hall–Kier alpha value is -2.69. The van der Waals surface area contributed by atoms with Crippen LogP contribution >= 0.6 is 0 Å². The molecule has 4 nitrogen and oxygen atoms in total. The summed E-state index contributed by atoms with van der Waals surface area (Å²) in [7, 11) is 0. The smallest absolute Gasteiger partial charge is 0.251 e. The number of piperidine rings is 1. The zero-order chi connectivity index (χ0) is 18.1. The van der Waals surface area contributed by atoms with Gasteiger partial charge in [-0.05, 0) is 42.5 Å². The molecule has 1 aliphatic carbocycles. The number of nitrogens with one attached hydrogen (secondary N) is 1. The summed E-state index contributed by atoms with van der Waals surface area (Å²) >= 11 is 0. The Labute approximate surface area is 152 Å². The Morgan fingerprint density at radius 2 is 1.77 bits per heavy atom. The maximum Gasteiger partial charge on any atom is 0.251 e. The average Bonchev–Trinajstić information content (AvgIpc) is 3.25. The highest BCUT2D eigenvalue weighted by Gasteiger charge is 2.47. The number of carbonyl (C=O) groups is 2. The molecule has 134 valence electrons. The average molecular weight is 352 g/mol. The van der Waals surface area contributed by atoms with E-state index < -0.39 is 0 Å². The van der Waals surface area contributed by atoms with Gasteiger partial charge in [0.05, 0.1) is 12.5 Å². The maximum absolute atomic E-state index is 13.8. The molecule has 1 saturated carbocycles. The molecule has 0 aromatic heterocycles. The Balaban J connectivity index is 1.43. The van der Waals surface area contributed by atoms with Gasteiger partial charge in [-0.2, -0.15) is 0 Å². The van der Waals surface area contributed by atoms with Crippen molar-refractivity contribution in [3.05, 3.63) is 71.5 Å². The van der Waals surface area contributed by atoms with E-state index in [0.29, 0.717) is 23.6 Å². The SMILES string of the molecule is O=C(N[C@H]1C[C@@H]2C[C@H]1N(C(=O)Cc1ccccc1F)C2)c1ccccc1. The predicted octanol–water partition coefficient (Wildman–Crippen LogP) is 2.79. The Kier molecular flexibility index (Phi) is 4.45. The largest absolute Gasteiger partial charge is 0.347 e. The minimum Gasteiger partial charge on any atom is -0.347 e. The molecule has 5 heteroatoms. The molecule has 0 radical (unpaired) electrons. The van der Waals surface area contributed by atoms with Gasteiger partial charge in [-0.25, -0.2) is 4.39 Å². The van der Waals surface area contributed by atoms with Crippen LogP contribution in [0.15, 0.2) is 54.6 Å². The number of likely N-dealkylation sites (tertiary alicyclic amines) is 1. The molecule has 26 heavy (non-hydrogen) atoms. The number of carbonyl (C=O) groups excluding carboxylic acids is 2. The molecule has 0 spiro atoms. The first-order valence-electron chi connectivity index (χ1n) is 9.00. The summed E-state index contributed by atoms with van der Waals surface area (Å²) in [5.41, 5.74) is 1.05. The molecular weight excluding hydrogens is 331 g/mol. The van der Waals surface area contributed by atoms with Gasteiger partial charge in [0.2, 0.25) is 5.91 Å². The zero-order valence-corrected chi connectivity index (χ0v) is 14.4. The topological polar surface area (TPSA) is 49.4 Å². The summed E-state index contributed by atoms with van der Waals surface area (Å²) in [5.74, 6) is -0.115. The van der Waals surface area contributed by atoms with E-state index in [9.17, 15) is 14.0 Å². The number of benzene rings is 2. The van der Waals surface area contributed by atoms with Gasteiger partial charge in [0, 0.05) is 18.2 Å².